The third-order valence-electron chi connectivity index (χ3n) is 5.50. The molecule has 2 aliphatic rings. The molecule has 2 aromatic rings. The minimum absolute atomic E-state index is 0.0856. The van der Waals surface area contributed by atoms with Gasteiger partial charge in [-0.3, -0.25) is 4.79 Å². The lowest BCUT2D eigenvalue weighted by atomic mass is 9.92. The van der Waals surface area contributed by atoms with E-state index in [0.29, 0.717) is 0 Å². The van der Waals surface area contributed by atoms with Crippen molar-refractivity contribution in [2.75, 3.05) is 0 Å². The van der Waals surface area contributed by atoms with E-state index < -0.39 is 65.9 Å². The minimum Gasteiger partial charge on any atom is -0.507 e. The van der Waals surface area contributed by atoms with Gasteiger partial charge in [0.05, 0.1) is 6.10 Å². The smallest absolute Gasteiger partial charge is 0.229 e. The van der Waals surface area contributed by atoms with Crippen molar-refractivity contribution in [3.63, 3.8) is 0 Å². The van der Waals surface area contributed by atoms with Gasteiger partial charge in [-0.2, -0.15) is 0 Å². The highest BCUT2D eigenvalue weighted by molar-refractivity contribution is 6.05. The van der Waals surface area contributed by atoms with Crippen molar-refractivity contribution in [3.8, 4) is 28.7 Å². The predicted molar refractivity (Wildman–Crippen MR) is 105 cm³/mol. The van der Waals surface area contributed by atoms with Crippen LogP contribution in [0.15, 0.2) is 30.3 Å². The van der Waals surface area contributed by atoms with Crippen LogP contribution in [0, 0.1) is 0 Å². The Balaban J connectivity index is 1.64. The standard InChI is InChI=1S/C21H22O11/c1-7-15(25)17(27)19(29)21(30-7)31-9-5-12(24)14-13(6-9)32-20(18(28)16(14)26)8-2-3-10(22)11(23)4-8/h2-7,15,17-25,27-29H,1H3/t7-,15-,17+,18+,19+,20-,21-/m0/s1. The number of phenols is 3. The maximum absolute atomic E-state index is 12.7. The van der Waals surface area contributed by atoms with E-state index in [1.165, 1.54) is 25.1 Å². The van der Waals surface area contributed by atoms with E-state index in [9.17, 15) is 40.5 Å². The number of Topliss-reactive ketones (excluding diaryl/α,β-unsaturated/α-hetero) is 1. The zero-order valence-corrected chi connectivity index (χ0v) is 16.7. The Morgan fingerprint density at radius 2 is 1.59 bits per heavy atom. The summed E-state index contributed by atoms with van der Waals surface area (Å²) >= 11 is 0. The number of ketones is 1. The highest BCUT2D eigenvalue weighted by Crippen LogP contribution is 2.43. The van der Waals surface area contributed by atoms with Gasteiger partial charge in [-0.05, 0) is 24.6 Å². The van der Waals surface area contributed by atoms with Gasteiger partial charge in [0.25, 0.3) is 0 Å². The van der Waals surface area contributed by atoms with Gasteiger partial charge in [-0.25, -0.2) is 0 Å². The molecule has 7 N–H and O–H groups in total. The molecule has 2 heterocycles. The molecule has 172 valence electrons. The van der Waals surface area contributed by atoms with Crippen LogP contribution in [0.5, 0.6) is 28.7 Å². The minimum atomic E-state index is -1.70. The Bertz CT molecular complexity index is 1040. The van der Waals surface area contributed by atoms with Crippen LogP contribution >= 0.6 is 0 Å². The number of aliphatic hydroxyl groups is 4. The molecule has 0 amide bonds. The normalized spacial score (nSPS) is 32.2. The lowest BCUT2D eigenvalue weighted by Crippen LogP contribution is -2.58. The van der Waals surface area contributed by atoms with Crippen LogP contribution in [-0.4, -0.2) is 78.3 Å². The van der Waals surface area contributed by atoms with Gasteiger partial charge in [-0.15, -0.1) is 0 Å². The second-order valence-electron chi connectivity index (χ2n) is 7.71. The van der Waals surface area contributed by atoms with Crippen molar-refractivity contribution in [3.05, 3.63) is 41.5 Å². The zero-order chi connectivity index (χ0) is 23.3. The van der Waals surface area contributed by atoms with E-state index in [-0.39, 0.29) is 22.6 Å². The monoisotopic (exact) mass is 450 g/mol. The van der Waals surface area contributed by atoms with Gasteiger partial charge in [-0.1, -0.05) is 6.07 Å². The fourth-order valence-electron chi connectivity index (χ4n) is 3.68. The third kappa shape index (κ3) is 3.70. The van der Waals surface area contributed by atoms with Crippen molar-refractivity contribution < 1.29 is 54.8 Å². The summed E-state index contributed by atoms with van der Waals surface area (Å²) < 4.78 is 16.6. The van der Waals surface area contributed by atoms with Crippen molar-refractivity contribution in [2.24, 2.45) is 0 Å². The molecule has 0 saturated carbocycles. The van der Waals surface area contributed by atoms with E-state index >= 15 is 0 Å². The first-order valence-corrected chi connectivity index (χ1v) is 9.72. The molecule has 2 aliphatic heterocycles. The molecule has 0 bridgehead atoms. The molecule has 0 radical (unpaired) electrons. The lowest BCUT2D eigenvalue weighted by Gasteiger charge is -2.39. The molecule has 0 aromatic heterocycles. The van der Waals surface area contributed by atoms with Crippen LogP contribution < -0.4 is 9.47 Å². The first kappa shape index (κ1) is 22.1. The highest BCUT2D eigenvalue weighted by atomic mass is 16.7. The summed E-state index contributed by atoms with van der Waals surface area (Å²) in [7, 11) is 0. The molecular weight excluding hydrogens is 428 g/mol. The van der Waals surface area contributed by atoms with E-state index in [4.69, 9.17) is 14.2 Å². The maximum atomic E-state index is 12.7. The number of aromatic hydroxyl groups is 3. The number of hydrogen-bond acceptors (Lipinski definition) is 11. The Kier molecular flexibility index (Phi) is 5.61. The lowest BCUT2D eigenvalue weighted by molar-refractivity contribution is -0.268. The van der Waals surface area contributed by atoms with Crippen molar-refractivity contribution in [1.29, 1.82) is 0 Å². The first-order chi connectivity index (χ1) is 15.1. The largest absolute Gasteiger partial charge is 0.507 e. The summed E-state index contributed by atoms with van der Waals surface area (Å²) in [4.78, 5) is 12.7. The number of fused-ring (bicyclic) bond motifs is 1. The number of rotatable bonds is 3. The van der Waals surface area contributed by atoms with Gasteiger partial charge in [0.1, 0.15) is 41.1 Å². The number of phenolic OH excluding ortho intramolecular Hbond substituents is 3. The topological polar surface area (TPSA) is 186 Å². The van der Waals surface area contributed by atoms with Crippen LogP contribution in [0.25, 0.3) is 0 Å². The molecule has 4 rings (SSSR count). The number of benzene rings is 2. The fourth-order valence-corrected chi connectivity index (χ4v) is 3.68. The van der Waals surface area contributed by atoms with Crippen LogP contribution in [-0.2, 0) is 4.74 Å². The van der Waals surface area contributed by atoms with Crippen molar-refractivity contribution in [2.45, 2.75) is 49.8 Å². The van der Waals surface area contributed by atoms with E-state index in [2.05, 4.69) is 0 Å². The van der Waals surface area contributed by atoms with Gasteiger partial charge >= 0.3 is 0 Å². The molecule has 1 saturated heterocycles. The molecule has 2 aromatic carbocycles. The molecule has 32 heavy (non-hydrogen) atoms. The third-order valence-corrected chi connectivity index (χ3v) is 5.50. The maximum Gasteiger partial charge on any atom is 0.229 e. The van der Waals surface area contributed by atoms with Crippen LogP contribution in [0.1, 0.15) is 28.9 Å². The van der Waals surface area contributed by atoms with Crippen LogP contribution in [0.2, 0.25) is 0 Å². The summed E-state index contributed by atoms with van der Waals surface area (Å²) in [6, 6.07) is 5.92. The van der Waals surface area contributed by atoms with E-state index in [1.54, 1.807) is 0 Å². The number of hydrogen-bond donors (Lipinski definition) is 7. The molecule has 0 aliphatic carbocycles. The Hall–Kier alpha value is -3.09. The zero-order valence-electron chi connectivity index (χ0n) is 16.7. The number of carbonyl (C=O) groups is 1. The summed E-state index contributed by atoms with van der Waals surface area (Å²) in [5, 5.41) is 69.8. The van der Waals surface area contributed by atoms with Crippen molar-refractivity contribution >= 4 is 5.78 Å². The quantitative estimate of drug-likeness (QED) is 0.304. The molecule has 11 heteroatoms. The highest BCUT2D eigenvalue weighted by Gasteiger charge is 2.44. The van der Waals surface area contributed by atoms with Crippen LogP contribution in [0.3, 0.4) is 0 Å². The van der Waals surface area contributed by atoms with E-state index in [0.717, 1.165) is 12.1 Å². The van der Waals surface area contributed by atoms with Gasteiger partial charge in [0.15, 0.2) is 23.7 Å². The molecule has 11 nitrogen and oxygen atoms in total. The fraction of sp³-hybridized carbons (Fsp3) is 0.381. The SMILES string of the molecule is C[C@@H]1O[C@@H](Oc2cc(O)c3c(c2)O[C@@H](c2ccc(O)c(O)c2)[C@H](O)C3=O)[C@H](O)[C@H](O)[C@H]1O. The van der Waals surface area contributed by atoms with Gasteiger partial charge in [0, 0.05) is 12.1 Å². The first-order valence-electron chi connectivity index (χ1n) is 9.72. The van der Waals surface area contributed by atoms with Gasteiger partial charge < -0.3 is 50.0 Å². The predicted octanol–water partition coefficient (Wildman–Crippen LogP) is -0.313. The molecular formula is C21H22O11. The number of ether oxygens (including phenoxy) is 3. The number of aliphatic hydroxyl groups excluding tert-OH is 4. The molecule has 0 unspecified atom stereocenters. The summed E-state index contributed by atoms with van der Waals surface area (Å²) in [5.74, 6) is -2.51. The van der Waals surface area contributed by atoms with Gasteiger partial charge in [0.2, 0.25) is 12.1 Å². The average molecular weight is 450 g/mol. The Morgan fingerprint density at radius 3 is 2.28 bits per heavy atom. The second kappa shape index (κ2) is 8.11. The molecule has 7 atom stereocenters. The van der Waals surface area contributed by atoms with Crippen LogP contribution in [0.4, 0.5) is 0 Å². The number of carbonyl (C=O) groups excluding carboxylic acids is 1. The average Bonchev–Trinajstić information content (AvgIpc) is 2.74. The Morgan fingerprint density at radius 1 is 0.875 bits per heavy atom. The summed E-state index contributed by atoms with van der Waals surface area (Å²) in [5.41, 5.74) is -0.104. The summed E-state index contributed by atoms with van der Waals surface area (Å²) in [6.07, 6.45) is -9.67. The Labute approximate surface area is 181 Å². The molecule has 0 spiro atoms. The van der Waals surface area contributed by atoms with E-state index in [1.807, 2.05) is 0 Å². The summed E-state index contributed by atoms with van der Waals surface area (Å²) in [6.45, 7) is 1.47. The van der Waals surface area contributed by atoms with Crippen molar-refractivity contribution in [1.82, 2.24) is 0 Å². The second-order valence-corrected chi connectivity index (χ2v) is 7.71. The molecule has 1 fully saturated rings.